The fraction of sp³-hybridized carbons (Fsp3) is 0.286. The van der Waals surface area contributed by atoms with Crippen molar-refractivity contribution < 1.29 is 4.79 Å². The molecule has 1 fully saturated rings. The molecule has 132 valence electrons. The van der Waals surface area contributed by atoms with Crippen LogP contribution in [0.15, 0.2) is 54.7 Å². The summed E-state index contributed by atoms with van der Waals surface area (Å²) in [7, 11) is 1.96. The number of nitrogens with zero attached hydrogens (tertiary/aromatic N) is 3. The number of hydrogen-bond donors (Lipinski definition) is 1. The Labute approximate surface area is 153 Å². The zero-order valence-electron chi connectivity index (χ0n) is 14.9. The molecule has 0 radical (unpaired) electrons. The van der Waals surface area contributed by atoms with E-state index in [1.807, 2.05) is 60.5 Å². The minimum atomic E-state index is 0.0701. The van der Waals surface area contributed by atoms with Gasteiger partial charge in [0.15, 0.2) is 0 Å². The van der Waals surface area contributed by atoms with Crippen molar-refractivity contribution >= 4 is 16.8 Å². The molecule has 1 aliphatic heterocycles. The first-order valence-electron chi connectivity index (χ1n) is 9.04. The van der Waals surface area contributed by atoms with Crippen molar-refractivity contribution in [1.29, 1.82) is 0 Å². The van der Waals surface area contributed by atoms with Crippen LogP contribution in [0.2, 0.25) is 0 Å². The number of carbonyl (C=O) groups excluding carboxylic acids is 1. The Kier molecular flexibility index (Phi) is 4.63. The van der Waals surface area contributed by atoms with Crippen LogP contribution < -0.4 is 5.32 Å². The maximum absolute atomic E-state index is 13.3. The molecule has 1 amide bonds. The summed E-state index contributed by atoms with van der Waals surface area (Å²) in [5, 5.41) is 4.19. The van der Waals surface area contributed by atoms with Crippen LogP contribution in [0, 0.1) is 0 Å². The van der Waals surface area contributed by atoms with E-state index in [-0.39, 0.29) is 5.91 Å². The molecule has 2 aromatic heterocycles. The van der Waals surface area contributed by atoms with E-state index in [4.69, 9.17) is 4.98 Å². The van der Waals surface area contributed by atoms with E-state index >= 15 is 0 Å². The Balaban J connectivity index is 1.79. The number of likely N-dealkylation sites (tertiary alicyclic amines) is 1. The molecule has 1 N–H and O–H groups in total. The third kappa shape index (κ3) is 3.18. The second-order valence-corrected chi connectivity index (χ2v) is 6.67. The monoisotopic (exact) mass is 346 g/mol. The fourth-order valence-electron chi connectivity index (χ4n) is 3.57. The van der Waals surface area contributed by atoms with E-state index in [1.54, 1.807) is 6.20 Å². The van der Waals surface area contributed by atoms with Gasteiger partial charge in [0.25, 0.3) is 5.91 Å². The van der Waals surface area contributed by atoms with Crippen molar-refractivity contribution in [1.82, 2.24) is 20.2 Å². The van der Waals surface area contributed by atoms with Crippen molar-refractivity contribution in [2.24, 2.45) is 0 Å². The van der Waals surface area contributed by atoms with Crippen LogP contribution in [-0.2, 0) is 0 Å². The van der Waals surface area contributed by atoms with Gasteiger partial charge >= 0.3 is 0 Å². The molecule has 0 spiro atoms. The zero-order valence-corrected chi connectivity index (χ0v) is 14.9. The number of para-hydroxylation sites is 1. The highest BCUT2D eigenvalue weighted by Crippen LogP contribution is 2.25. The van der Waals surface area contributed by atoms with Crippen LogP contribution in [0.25, 0.3) is 22.3 Å². The van der Waals surface area contributed by atoms with E-state index in [0.29, 0.717) is 11.6 Å². The Hall–Kier alpha value is -2.79. The number of amides is 1. The van der Waals surface area contributed by atoms with Gasteiger partial charge in [0, 0.05) is 30.7 Å². The molecule has 1 saturated heterocycles. The van der Waals surface area contributed by atoms with Crippen molar-refractivity contribution in [2.45, 2.75) is 18.9 Å². The first-order valence-corrected chi connectivity index (χ1v) is 9.04. The summed E-state index contributed by atoms with van der Waals surface area (Å²) in [4.78, 5) is 24.4. The summed E-state index contributed by atoms with van der Waals surface area (Å²) < 4.78 is 0. The van der Waals surface area contributed by atoms with Crippen LogP contribution in [0.5, 0.6) is 0 Å². The maximum atomic E-state index is 13.3. The number of nitrogens with one attached hydrogen (secondary N) is 1. The first-order chi connectivity index (χ1) is 12.8. The Morgan fingerprint density at radius 1 is 1.15 bits per heavy atom. The number of fused-ring (bicyclic) bond motifs is 1. The lowest BCUT2D eigenvalue weighted by molar-refractivity contribution is 0.0700. The van der Waals surface area contributed by atoms with Gasteiger partial charge in [0.1, 0.15) is 0 Å². The number of aromatic nitrogens is 2. The van der Waals surface area contributed by atoms with Crippen molar-refractivity contribution in [3.8, 4) is 11.4 Å². The Morgan fingerprint density at radius 3 is 2.81 bits per heavy atom. The summed E-state index contributed by atoms with van der Waals surface area (Å²) in [6.45, 7) is 1.54. The third-order valence-electron chi connectivity index (χ3n) is 4.99. The van der Waals surface area contributed by atoms with Gasteiger partial charge in [-0.15, -0.1) is 0 Å². The predicted octanol–water partition coefficient (Wildman–Crippen LogP) is 3.12. The van der Waals surface area contributed by atoms with E-state index in [1.165, 1.54) is 0 Å². The maximum Gasteiger partial charge on any atom is 0.254 e. The van der Waals surface area contributed by atoms with E-state index < -0.39 is 0 Å². The summed E-state index contributed by atoms with van der Waals surface area (Å²) in [5.41, 5.74) is 3.03. The molecular weight excluding hydrogens is 324 g/mol. The third-order valence-corrected chi connectivity index (χ3v) is 4.99. The summed E-state index contributed by atoms with van der Waals surface area (Å²) >= 11 is 0. The molecule has 3 aromatic rings. The van der Waals surface area contributed by atoms with E-state index in [9.17, 15) is 4.79 Å². The molecule has 3 heterocycles. The Morgan fingerprint density at radius 2 is 2.00 bits per heavy atom. The van der Waals surface area contributed by atoms with Gasteiger partial charge in [-0.3, -0.25) is 9.78 Å². The van der Waals surface area contributed by atoms with Gasteiger partial charge in [-0.1, -0.05) is 24.3 Å². The lowest BCUT2D eigenvalue weighted by Gasteiger charge is -2.33. The molecule has 0 saturated carbocycles. The van der Waals surface area contributed by atoms with Gasteiger partial charge in [0.05, 0.1) is 22.5 Å². The summed E-state index contributed by atoms with van der Waals surface area (Å²) in [6, 6.07) is 15.8. The average molecular weight is 346 g/mol. The number of benzene rings is 1. The summed E-state index contributed by atoms with van der Waals surface area (Å²) in [6.07, 6.45) is 3.87. The molecule has 26 heavy (non-hydrogen) atoms. The number of likely N-dealkylation sites (N-methyl/N-ethyl adjacent to an activating group) is 1. The van der Waals surface area contributed by atoms with Crippen molar-refractivity contribution in [3.63, 3.8) is 0 Å². The molecule has 1 aromatic carbocycles. The number of rotatable bonds is 3. The standard InChI is InChI=1S/C21H22N4O/c1-22-15-7-6-12-25(14-15)21(26)17-13-20(19-10-4-5-11-23-19)24-18-9-3-2-8-16(17)18/h2-5,8-11,13,15,22H,6-7,12,14H2,1H3. The molecule has 1 atom stereocenters. The number of hydrogen-bond acceptors (Lipinski definition) is 4. The molecule has 5 heteroatoms. The van der Waals surface area contributed by atoms with Crippen molar-refractivity contribution in [2.75, 3.05) is 20.1 Å². The zero-order chi connectivity index (χ0) is 17.9. The Bertz CT molecular complexity index is 926. The molecular formula is C21H22N4O. The van der Waals surface area contributed by atoms with Gasteiger partial charge in [-0.25, -0.2) is 4.98 Å². The smallest absolute Gasteiger partial charge is 0.254 e. The lowest BCUT2D eigenvalue weighted by Crippen LogP contribution is -2.47. The van der Waals surface area contributed by atoms with Gasteiger partial charge < -0.3 is 10.2 Å². The van der Waals surface area contributed by atoms with E-state index in [2.05, 4.69) is 10.3 Å². The van der Waals surface area contributed by atoms with Crippen LogP contribution in [-0.4, -0.2) is 47.0 Å². The van der Waals surface area contributed by atoms with Gasteiger partial charge in [-0.05, 0) is 44.2 Å². The van der Waals surface area contributed by atoms with E-state index in [0.717, 1.165) is 48.2 Å². The minimum Gasteiger partial charge on any atom is -0.337 e. The van der Waals surface area contributed by atoms with Gasteiger partial charge in [-0.2, -0.15) is 0 Å². The minimum absolute atomic E-state index is 0.0701. The lowest BCUT2D eigenvalue weighted by atomic mass is 10.0. The van der Waals surface area contributed by atoms with Crippen LogP contribution in [0.1, 0.15) is 23.2 Å². The number of pyridine rings is 2. The second-order valence-electron chi connectivity index (χ2n) is 6.67. The highest BCUT2D eigenvalue weighted by atomic mass is 16.2. The number of piperidine rings is 1. The van der Waals surface area contributed by atoms with Crippen LogP contribution >= 0.6 is 0 Å². The topological polar surface area (TPSA) is 58.1 Å². The van der Waals surface area contributed by atoms with Gasteiger partial charge in [0.2, 0.25) is 0 Å². The summed E-state index contributed by atoms with van der Waals surface area (Å²) in [5.74, 6) is 0.0701. The quantitative estimate of drug-likeness (QED) is 0.792. The molecule has 0 bridgehead atoms. The average Bonchev–Trinajstić information content (AvgIpc) is 2.73. The fourth-order valence-corrected chi connectivity index (χ4v) is 3.57. The number of carbonyl (C=O) groups is 1. The first kappa shape index (κ1) is 16.7. The van der Waals surface area contributed by atoms with Crippen molar-refractivity contribution in [3.05, 3.63) is 60.3 Å². The second kappa shape index (κ2) is 7.22. The highest BCUT2D eigenvalue weighted by Gasteiger charge is 2.25. The van der Waals surface area contributed by atoms with Crippen LogP contribution in [0.4, 0.5) is 0 Å². The molecule has 0 aliphatic carbocycles. The highest BCUT2D eigenvalue weighted by molar-refractivity contribution is 6.07. The van der Waals surface area contributed by atoms with Crippen LogP contribution in [0.3, 0.4) is 0 Å². The SMILES string of the molecule is CNC1CCCN(C(=O)c2cc(-c3ccccn3)nc3ccccc23)C1. The molecule has 1 unspecified atom stereocenters. The molecule has 5 nitrogen and oxygen atoms in total. The normalized spacial score (nSPS) is 17.4. The molecule has 1 aliphatic rings. The largest absolute Gasteiger partial charge is 0.337 e. The molecule has 4 rings (SSSR count). The predicted molar refractivity (Wildman–Crippen MR) is 103 cm³/mol.